The van der Waals surface area contributed by atoms with E-state index in [2.05, 4.69) is 9.72 Å². The number of aliphatic carboxylic acids is 1. The third-order valence-corrected chi connectivity index (χ3v) is 2.09. The van der Waals surface area contributed by atoms with Gasteiger partial charge in [-0.15, -0.1) is 0 Å². The summed E-state index contributed by atoms with van der Waals surface area (Å²) in [5.41, 5.74) is -1.14. The number of halogens is 2. The van der Waals surface area contributed by atoms with Crippen molar-refractivity contribution < 1.29 is 28.3 Å². The summed E-state index contributed by atoms with van der Waals surface area (Å²) < 4.78 is 30.0. The fraction of sp³-hybridized carbons (Fsp3) is 0.333. The molecule has 1 rings (SSSR count). The number of ether oxygens (including phenoxy) is 1. The molecular weight excluding hydrogens is 254 g/mol. The van der Waals surface area contributed by atoms with E-state index in [0.29, 0.717) is 6.20 Å². The lowest BCUT2D eigenvalue weighted by molar-refractivity contribution is -0.390. The van der Waals surface area contributed by atoms with Crippen molar-refractivity contribution in [2.24, 2.45) is 0 Å². The summed E-state index contributed by atoms with van der Waals surface area (Å²) in [7, 11) is 1.02. The van der Waals surface area contributed by atoms with Crippen LogP contribution in [-0.4, -0.2) is 28.1 Å². The molecule has 0 saturated carbocycles. The topological polar surface area (TPSA) is 103 Å². The number of nitro groups is 1. The van der Waals surface area contributed by atoms with Gasteiger partial charge in [0.2, 0.25) is 5.75 Å². The van der Waals surface area contributed by atoms with Crippen molar-refractivity contribution in [1.82, 2.24) is 4.98 Å². The van der Waals surface area contributed by atoms with E-state index in [4.69, 9.17) is 5.11 Å². The largest absolute Gasteiger partial charge is 0.489 e. The highest BCUT2D eigenvalue weighted by Gasteiger charge is 2.28. The average molecular weight is 262 g/mol. The molecule has 1 heterocycles. The summed E-state index contributed by atoms with van der Waals surface area (Å²) in [5.74, 6) is -2.76. The highest BCUT2D eigenvalue weighted by atomic mass is 19.3. The van der Waals surface area contributed by atoms with Gasteiger partial charge in [0.1, 0.15) is 6.20 Å². The molecule has 7 nitrogen and oxygen atoms in total. The van der Waals surface area contributed by atoms with Crippen LogP contribution in [0.3, 0.4) is 0 Å². The van der Waals surface area contributed by atoms with Gasteiger partial charge in [0.25, 0.3) is 6.43 Å². The second-order valence-electron chi connectivity index (χ2n) is 3.18. The van der Waals surface area contributed by atoms with Crippen LogP contribution in [0, 0.1) is 10.1 Å². The highest BCUT2D eigenvalue weighted by Crippen LogP contribution is 2.35. The second kappa shape index (κ2) is 5.34. The van der Waals surface area contributed by atoms with E-state index in [-0.39, 0.29) is 0 Å². The molecule has 0 aliphatic rings. The fourth-order valence-corrected chi connectivity index (χ4v) is 1.40. The van der Waals surface area contributed by atoms with E-state index in [9.17, 15) is 23.7 Å². The van der Waals surface area contributed by atoms with Crippen molar-refractivity contribution in [3.05, 3.63) is 27.4 Å². The molecule has 0 amide bonds. The predicted molar refractivity (Wildman–Crippen MR) is 53.7 cm³/mol. The Morgan fingerprint density at radius 2 is 2.28 bits per heavy atom. The van der Waals surface area contributed by atoms with Crippen LogP contribution in [0.5, 0.6) is 5.75 Å². The number of carboxylic acid groups (broad SMARTS) is 1. The SMILES string of the molecule is COc1c([N+](=O)[O-])ncc(C(F)F)c1CC(=O)O. The summed E-state index contributed by atoms with van der Waals surface area (Å²) in [4.78, 5) is 23.5. The van der Waals surface area contributed by atoms with Crippen LogP contribution in [0.2, 0.25) is 0 Å². The van der Waals surface area contributed by atoms with Crippen LogP contribution in [0.4, 0.5) is 14.6 Å². The molecule has 0 radical (unpaired) electrons. The number of alkyl halides is 2. The minimum absolute atomic E-state index is 0.443. The van der Waals surface area contributed by atoms with Crippen LogP contribution in [0.25, 0.3) is 0 Å². The van der Waals surface area contributed by atoms with Gasteiger partial charge in [0, 0.05) is 5.56 Å². The highest BCUT2D eigenvalue weighted by molar-refractivity contribution is 5.73. The van der Waals surface area contributed by atoms with Gasteiger partial charge in [0.05, 0.1) is 19.1 Å². The van der Waals surface area contributed by atoms with Gasteiger partial charge in [-0.2, -0.15) is 0 Å². The van der Waals surface area contributed by atoms with Crippen molar-refractivity contribution >= 4 is 11.8 Å². The number of carboxylic acids is 1. The number of pyridine rings is 1. The summed E-state index contributed by atoms with van der Waals surface area (Å²) in [6.07, 6.45) is -3.22. The maximum Gasteiger partial charge on any atom is 0.406 e. The lowest BCUT2D eigenvalue weighted by Gasteiger charge is -2.10. The molecule has 0 aliphatic heterocycles. The number of carbonyl (C=O) groups is 1. The number of rotatable bonds is 5. The van der Waals surface area contributed by atoms with Crippen molar-refractivity contribution in [1.29, 1.82) is 0 Å². The fourth-order valence-electron chi connectivity index (χ4n) is 1.40. The smallest absolute Gasteiger partial charge is 0.406 e. The Kier molecular flexibility index (Phi) is 4.08. The lowest BCUT2D eigenvalue weighted by atomic mass is 10.1. The molecule has 0 aliphatic carbocycles. The normalized spacial score (nSPS) is 10.4. The van der Waals surface area contributed by atoms with E-state index in [1.165, 1.54) is 0 Å². The molecule has 0 unspecified atom stereocenters. The second-order valence-corrected chi connectivity index (χ2v) is 3.18. The quantitative estimate of drug-likeness (QED) is 0.638. The van der Waals surface area contributed by atoms with Gasteiger partial charge in [0.15, 0.2) is 0 Å². The lowest BCUT2D eigenvalue weighted by Crippen LogP contribution is -2.09. The Morgan fingerprint density at radius 1 is 1.67 bits per heavy atom. The predicted octanol–water partition coefficient (Wildman–Crippen LogP) is 1.56. The monoisotopic (exact) mass is 262 g/mol. The average Bonchev–Trinajstić information content (AvgIpc) is 2.26. The van der Waals surface area contributed by atoms with E-state index >= 15 is 0 Å². The van der Waals surface area contributed by atoms with E-state index in [1.807, 2.05) is 0 Å². The van der Waals surface area contributed by atoms with Gasteiger partial charge in [-0.3, -0.25) is 4.79 Å². The molecule has 1 N–H and O–H groups in total. The number of nitrogens with zero attached hydrogens (tertiary/aromatic N) is 2. The van der Waals surface area contributed by atoms with Crippen molar-refractivity contribution in [2.45, 2.75) is 12.8 Å². The van der Waals surface area contributed by atoms with Crippen LogP contribution >= 0.6 is 0 Å². The molecule has 0 fully saturated rings. The molecule has 0 atom stereocenters. The summed E-state index contributed by atoms with van der Waals surface area (Å²) in [6, 6.07) is 0. The van der Waals surface area contributed by atoms with Gasteiger partial charge in [-0.1, -0.05) is 0 Å². The maximum atomic E-state index is 12.7. The third-order valence-electron chi connectivity index (χ3n) is 2.09. The first-order chi connectivity index (χ1) is 8.38. The zero-order chi connectivity index (χ0) is 13.9. The van der Waals surface area contributed by atoms with Crippen molar-refractivity contribution in [2.75, 3.05) is 7.11 Å². The van der Waals surface area contributed by atoms with Gasteiger partial charge in [-0.25, -0.2) is 8.78 Å². The standard InChI is InChI=1S/C9H8F2N2O5/c1-18-7-4(2-6(14)15)5(8(10)11)3-12-9(7)13(16)17/h3,8H,2H2,1H3,(H,14,15). The molecular formula is C9H8F2N2O5. The van der Waals surface area contributed by atoms with Crippen LogP contribution in [0.1, 0.15) is 17.6 Å². The molecule has 0 bridgehead atoms. The molecule has 1 aromatic heterocycles. The summed E-state index contributed by atoms with van der Waals surface area (Å²) in [6.45, 7) is 0. The van der Waals surface area contributed by atoms with Crippen LogP contribution in [0.15, 0.2) is 6.20 Å². The Morgan fingerprint density at radius 3 is 2.67 bits per heavy atom. The molecule has 0 aromatic carbocycles. The van der Waals surface area contributed by atoms with Crippen LogP contribution in [-0.2, 0) is 11.2 Å². The molecule has 0 saturated heterocycles. The van der Waals surface area contributed by atoms with Gasteiger partial charge in [-0.05, 0) is 9.91 Å². The third kappa shape index (κ3) is 2.67. The number of aromatic nitrogens is 1. The summed E-state index contributed by atoms with van der Waals surface area (Å²) in [5, 5.41) is 19.3. The summed E-state index contributed by atoms with van der Waals surface area (Å²) >= 11 is 0. The molecule has 18 heavy (non-hydrogen) atoms. The van der Waals surface area contributed by atoms with E-state index < -0.39 is 46.4 Å². The molecule has 9 heteroatoms. The zero-order valence-corrected chi connectivity index (χ0v) is 9.09. The van der Waals surface area contributed by atoms with Crippen LogP contribution < -0.4 is 4.74 Å². The first-order valence-electron chi connectivity index (χ1n) is 4.58. The molecule has 1 aromatic rings. The minimum atomic E-state index is -3.00. The van der Waals surface area contributed by atoms with Crippen molar-refractivity contribution in [3.8, 4) is 5.75 Å². The number of hydrogen-bond acceptors (Lipinski definition) is 5. The van der Waals surface area contributed by atoms with Crippen molar-refractivity contribution in [3.63, 3.8) is 0 Å². The maximum absolute atomic E-state index is 12.7. The molecule has 0 spiro atoms. The Hall–Kier alpha value is -2.32. The van der Waals surface area contributed by atoms with Gasteiger partial charge < -0.3 is 20.0 Å². The Labute approximate surface area is 99.2 Å². The first-order valence-corrected chi connectivity index (χ1v) is 4.58. The van der Waals surface area contributed by atoms with E-state index in [1.54, 1.807) is 0 Å². The zero-order valence-electron chi connectivity index (χ0n) is 9.09. The number of methoxy groups -OCH3 is 1. The first kappa shape index (κ1) is 13.7. The molecule has 98 valence electrons. The Balaban J connectivity index is 3.50. The minimum Gasteiger partial charge on any atom is -0.489 e. The number of hydrogen-bond donors (Lipinski definition) is 1. The Bertz CT molecular complexity index is 492. The van der Waals surface area contributed by atoms with E-state index in [0.717, 1.165) is 7.11 Å². The van der Waals surface area contributed by atoms with Gasteiger partial charge >= 0.3 is 11.8 Å².